The van der Waals surface area contributed by atoms with Crippen LogP contribution >= 0.6 is 0 Å². The van der Waals surface area contributed by atoms with Crippen LogP contribution in [0.2, 0.25) is 0 Å². The van der Waals surface area contributed by atoms with Gasteiger partial charge < -0.3 is 15.1 Å². The number of nitro benzene ring substituents is 1. The van der Waals surface area contributed by atoms with Gasteiger partial charge in [-0.3, -0.25) is 14.9 Å². The van der Waals surface area contributed by atoms with Crippen molar-refractivity contribution in [2.24, 2.45) is 0 Å². The van der Waals surface area contributed by atoms with Crippen LogP contribution in [0.1, 0.15) is 16.1 Å². The van der Waals surface area contributed by atoms with Crippen LogP contribution in [0.3, 0.4) is 0 Å². The highest BCUT2D eigenvalue weighted by Crippen LogP contribution is 2.22. The number of furan rings is 1. The summed E-state index contributed by atoms with van der Waals surface area (Å²) in [5.41, 5.74) is 1.19. The Labute approximate surface area is 121 Å². The minimum atomic E-state index is -0.451. The third-order valence-corrected chi connectivity index (χ3v) is 2.90. The number of hydrogen-bond donors (Lipinski definition) is 2. The molecule has 21 heavy (non-hydrogen) atoms. The molecule has 2 N–H and O–H groups in total. The van der Waals surface area contributed by atoms with Gasteiger partial charge in [-0.25, -0.2) is 0 Å². The van der Waals surface area contributed by atoms with Crippen molar-refractivity contribution in [3.05, 3.63) is 58.0 Å². The molecule has 1 aromatic carbocycles. The second kappa shape index (κ2) is 6.56. The first-order valence-electron chi connectivity index (χ1n) is 6.39. The molecule has 0 saturated carbocycles. The lowest BCUT2D eigenvalue weighted by Crippen LogP contribution is -2.29. The lowest BCUT2D eigenvalue weighted by Gasteiger charge is -2.07. The monoisotopic (exact) mass is 289 g/mol. The molecule has 2 aromatic rings. The fourth-order valence-corrected chi connectivity index (χ4v) is 1.84. The minimum absolute atomic E-state index is 0.00528. The van der Waals surface area contributed by atoms with Crippen LogP contribution < -0.4 is 10.6 Å². The number of nitrogens with one attached hydrogen (secondary N) is 2. The Bertz CT molecular complexity index is 651. The van der Waals surface area contributed by atoms with Gasteiger partial charge in [-0.1, -0.05) is 12.1 Å². The number of aryl methyl sites for hydroxylation is 1. The van der Waals surface area contributed by atoms with Gasteiger partial charge in [0.2, 0.25) is 0 Å². The molecular weight excluding hydrogens is 274 g/mol. The molecule has 0 aliphatic heterocycles. The molecule has 110 valence electrons. The summed E-state index contributed by atoms with van der Waals surface area (Å²) in [6, 6.07) is 8.06. The molecular formula is C14H15N3O4. The maximum absolute atomic E-state index is 11.8. The van der Waals surface area contributed by atoms with Crippen molar-refractivity contribution in [1.82, 2.24) is 5.32 Å². The molecule has 7 heteroatoms. The number of nitro groups is 1. The molecule has 0 aliphatic rings. The van der Waals surface area contributed by atoms with E-state index in [0.717, 1.165) is 5.56 Å². The Morgan fingerprint density at radius 1 is 1.29 bits per heavy atom. The lowest BCUT2D eigenvalue weighted by molar-refractivity contribution is -0.384. The van der Waals surface area contributed by atoms with E-state index in [1.54, 1.807) is 31.2 Å². The van der Waals surface area contributed by atoms with Gasteiger partial charge in [0.25, 0.3) is 11.6 Å². The Morgan fingerprint density at radius 2 is 2.05 bits per heavy atom. The van der Waals surface area contributed by atoms with E-state index in [9.17, 15) is 14.9 Å². The predicted molar refractivity (Wildman–Crippen MR) is 77.4 cm³/mol. The highest BCUT2D eigenvalue weighted by molar-refractivity contribution is 5.92. The Balaban J connectivity index is 1.84. The average Bonchev–Trinajstić information content (AvgIpc) is 2.90. The van der Waals surface area contributed by atoms with Gasteiger partial charge in [0.15, 0.2) is 5.76 Å². The number of carbonyl (C=O) groups is 1. The normalized spacial score (nSPS) is 10.1. The molecule has 0 unspecified atom stereocenters. The van der Waals surface area contributed by atoms with E-state index < -0.39 is 4.92 Å². The van der Waals surface area contributed by atoms with E-state index in [0.29, 0.717) is 18.8 Å². The topological polar surface area (TPSA) is 97.4 Å². The van der Waals surface area contributed by atoms with Gasteiger partial charge in [0.1, 0.15) is 5.69 Å². The number of para-hydroxylation sites is 2. The van der Waals surface area contributed by atoms with Gasteiger partial charge in [-0.2, -0.15) is 0 Å². The molecule has 0 spiro atoms. The van der Waals surface area contributed by atoms with Crippen molar-refractivity contribution in [2.45, 2.75) is 6.92 Å². The number of rotatable bonds is 6. The first-order valence-corrected chi connectivity index (χ1v) is 6.39. The number of anilines is 1. The zero-order valence-electron chi connectivity index (χ0n) is 11.5. The van der Waals surface area contributed by atoms with E-state index in [1.165, 1.54) is 12.3 Å². The summed E-state index contributed by atoms with van der Waals surface area (Å²) in [5.74, 6) is -0.0254. The zero-order valence-corrected chi connectivity index (χ0v) is 11.5. The summed E-state index contributed by atoms with van der Waals surface area (Å²) in [4.78, 5) is 22.2. The van der Waals surface area contributed by atoms with Crippen LogP contribution in [0, 0.1) is 17.0 Å². The summed E-state index contributed by atoms with van der Waals surface area (Å²) in [6.07, 6.45) is 1.45. The minimum Gasteiger partial charge on any atom is -0.459 e. The van der Waals surface area contributed by atoms with Gasteiger partial charge >= 0.3 is 0 Å². The number of nitrogens with zero attached hydrogens (tertiary/aromatic N) is 1. The first-order chi connectivity index (χ1) is 10.1. The molecule has 1 heterocycles. The highest BCUT2D eigenvalue weighted by atomic mass is 16.6. The van der Waals surface area contributed by atoms with Crippen LogP contribution in [0.5, 0.6) is 0 Å². The van der Waals surface area contributed by atoms with E-state index in [2.05, 4.69) is 10.6 Å². The van der Waals surface area contributed by atoms with Gasteiger partial charge in [-0.15, -0.1) is 0 Å². The van der Waals surface area contributed by atoms with Crippen molar-refractivity contribution in [2.75, 3.05) is 18.4 Å². The maximum Gasteiger partial charge on any atom is 0.292 e. The lowest BCUT2D eigenvalue weighted by atomic mass is 10.2. The average molecular weight is 289 g/mol. The number of carbonyl (C=O) groups excluding carboxylic acids is 1. The molecule has 1 aromatic heterocycles. The smallest absolute Gasteiger partial charge is 0.292 e. The third-order valence-electron chi connectivity index (χ3n) is 2.90. The standard InChI is InChI=1S/C14H15N3O4/c1-10-6-9-21-13(10)14(18)16-8-7-15-11-4-2-3-5-12(11)17(19)20/h2-6,9,15H,7-8H2,1H3,(H,16,18). The van der Waals surface area contributed by atoms with Gasteiger partial charge in [0.05, 0.1) is 11.2 Å². The van der Waals surface area contributed by atoms with Crippen LogP contribution in [0.15, 0.2) is 41.0 Å². The summed E-state index contributed by atoms with van der Waals surface area (Å²) in [5, 5.41) is 16.4. The molecule has 0 bridgehead atoms. The Kier molecular flexibility index (Phi) is 4.55. The molecule has 0 aliphatic carbocycles. The predicted octanol–water partition coefficient (Wildman–Crippen LogP) is 2.34. The largest absolute Gasteiger partial charge is 0.459 e. The molecule has 0 saturated heterocycles. The molecule has 7 nitrogen and oxygen atoms in total. The summed E-state index contributed by atoms with van der Waals surface area (Å²) >= 11 is 0. The van der Waals surface area contributed by atoms with E-state index in [-0.39, 0.29) is 17.4 Å². The highest BCUT2D eigenvalue weighted by Gasteiger charge is 2.13. The number of benzene rings is 1. The summed E-state index contributed by atoms with van der Waals surface area (Å²) < 4.78 is 5.07. The van der Waals surface area contributed by atoms with Gasteiger partial charge in [0, 0.05) is 24.7 Å². The third kappa shape index (κ3) is 3.59. The van der Waals surface area contributed by atoms with E-state index in [4.69, 9.17) is 4.42 Å². The summed E-state index contributed by atoms with van der Waals surface area (Å²) in [6.45, 7) is 2.48. The van der Waals surface area contributed by atoms with Crippen molar-refractivity contribution in [1.29, 1.82) is 0 Å². The van der Waals surface area contributed by atoms with Crippen molar-refractivity contribution in [3.63, 3.8) is 0 Å². The number of amides is 1. The Morgan fingerprint density at radius 3 is 2.71 bits per heavy atom. The van der Waals surface area contributed by atoms with Crippen molar-refractivity contribution in [3.8, 4) is 0 Å². The fourth-order valence-electron chi connectivity index (χ4n) is 1.84. The van der Waals surface area contributed by atoms with Crippen LogP contribution in [-0.4, -0.2) is 23.9 Å². The Hall–Kier alpha value is -2.83. The number of hydrogen-bond acceptors (Lipinski definition) is 5. The van der Waals surface area contributed by atoms with Gasteiger partial charge in [-0.05, 0) is 19.1 Å². The molecule has 0 fully saturated rings. The fraction of sp³-hybridized carbons (Fsp3) is 0.214. The molecule has 2 rings (SSSR count). The van der Waals surface area contributed by atoms with E-state index in [1.807, 2.05) is 0 Å². The van der Waals surface area contributed by atoms with Crippen LogP contribution in [0.25, 0.3) is 0 Å². The first kappa shape index (κ1) is 14.6. The second-order valence-electron chi connectivity index (χ2n) is 4.39. The second-order valence-corrected chi connectivity index (χ2v) is 4.39. The van der Waals surface area contributed by atoms with Crippen LogP contribution in [-0.2, 0) is 0 Å². The van der Waals surface area contributed by atoms with Crippen LogP contribution in [0.4, 0.5) is 11.4 Å². The zero-order chi connectivity index (χ0) is 15.2. The molecule has 0 radical (unpaired) electrons. The molecule has 1 amide bonds. The van der Waals surface area contributed by atoms with E-state index >= 15 is 0 Å². The molecule has 0 atom stereocenters. The van der Waals surface area contributed by atoms with Crippen molar-refractivity contribution < 1.29 is 14.1 Å². The quantitative estimate of drug-likeness (QED) is 0.483. The van der Waals surface area contributed by atoms with Crippen molar-refractivity contribution >= 4 is 17.3 Å². The summed E-state index contributed by atoms with van der Waals surface area (Å²) in [7, 11) is 0. The SMILES string of the molecule is Cc1ccoc1C(=O)NCCNc1ccccc1[N+](=O)[O-]. The maximum atomic E-state index is 11.8.